The maximum Gasteiger partial charge on any atom is 0.306 e. The summed E-state index contributed by atoms with van der Waals surface area (Å²) in [6.45, 7) is 3.30. The Bertz CT molecular complexity index is 1860. The second-order valence-electron chi connectivity index (χ2n) is 19.7. The molecule has 7 N–H and O–H groups in total. The summed E-state index contributed by atoms with van der Waals surface area (Å²) in [4.78, 5) is 13.1. The van der Waals surface area contributed by atoms with Crippen LogP contribution in [0.1, 0.15) is 155 Å². The van der Waals surface area contributed by atoms with Gasteiger partial charge >= 0.3 is 5.97 Å². The maximum atomic E-state index is 13.1. The molecule has 2 aliphatic rings. The van der Waals surface area contributed by atoms with Gasteiger partial charge < -0.3 is 64.2 Å². The molecule has 2 rings (SSSR count). The quantitative estimate of drug-likeness (QED) is 0.0172. The first-order valence-electron chi connectivity index (χ1n) is 29.4. The highest BCUT2D eigenvalue weighted by molar-refractivity contribution is 5.69. The molecule has 0 spiro atoms. The number of aliphatic hydroxyl groups excluding tert-OH is 7. The lowest BCUT2D eigenvalue weighted by molar-refractivity contribution is -0.332. The third-order valence-electron chi connectivity index (χ3n) is 12.8. The Hall–Kier alpha value is -4.13. The summed E-state index contributed by atoms with van der Waals surface area (Å²) in [7, 11) is 0. The van der Waals surface area contributed by atoms with Crippen molar-refractivity contribution in [3.05, 3.63) is 146 Å². The highest BCUT2D eigenvalue weighted by atomic mass is 16.7. The van der Waals surface area contributed by atoms with E-state index < -0.39 is 86.7 Å². The SMILES string of the molecule is CC/C=C\C/C=C\C/C=C\C/C=C\C/C=C\C/C=C\CCCCCCC(=O)OC(COCCCCC/C=C\C/C=C\C/C=C\C/C=C\C/C=C\C/C=C\CC)COC1OC(COC2OC(CO)C(O)C(O)C2O)C(O)C(O)C1O. The van der Waals surface area contributed by atoms with Crippen LogP contribution in [-0.4, -0.2) is 142 Å². The Labute approximate surface area is 474 Å². The van der Waals surface area contributed by atoms with Crippen LogP contribution in [0.3, 0.4) is 0 Å². The average molecular weight is 1110 g/mol. The van der Waals surface area contributed by atoms with Gasteiger partial charge in [0, 0.05) is 13.0 Å². The fourth-order valence-electron chi connectivity index (χ4n) is 8.17. The van der Waals surface area contributed by atoms with Crippen LogP contribution in [0, 0.1) is 0 Å². The van der Waals surface area contributed by atoms with E-state index in [9.17, 15) is 40.5 Å². The van der Waals surface area contributed by atoms with Gasteiger partial charge in [-0.15, -0.1) is 0 Å². The number of esters is 1. The molecule has 446 valence electrons. The molecule has 0 radical (unpaired) electrons. The Morgan fingerprint density at radius 2 is 0.785 bits per heavy atom. The number of ether oxygens (including phenoxy) is 6. The van der Waals surface area contributed by atoms with Crippen molar-refractivity contribution in [2.75, 3.05) is 33.0 Å². The van der Waals surface area contributed by atoms with Crippen molar-refractivity contribution in [3.8, 4) is 0 Å². The Morgan fingerprint density at radius 3 is 1.22 bits per heavy atom. The van der Waals surface area contributed by atoms with Crippen LogP contribution in [0.4, 0.5) is 0 Å². The highest BCUT2D eigenvalue weighted by Crippen LogP contribution is 2.26. The zero-order chi connectivity index (χ0) is 57.2. The molecular weight excluding hydrogens is 1000 g/mol. The van der Waals surface area contributed by atoms with E-state index in [4.69, 9.17) is 28.4 Å². The van der Waals surface area contributed by atoms with Gasteiger partial charge in [0.05, 0.1) is 26.4 Å². The standard InChI is InChI=1S/C65H102O14/c1-3-5-7-9-11-13-15-17-19-21-23-25-27-28-30-32-34-36-38-40-42-44-46-48-57(67)77-54(51-74-49-47-45-43-41-39-37-35-33-31-29-26-24-22-20-18-16-14-12-10-8-6-4-2)52-75-64-63(73)61(71)59(69)56(79-64)53-76-65-62(72)60(70)58(68)55(50-66)78-65/h5-8,11-14,17-20,23-26,28,30-31,33-34,36-37,39,54-56,58-66,68-73H,3-4,9-10,15-16,21-22,27,29,32,35,38,40-53H2,1-2H3/b7-5-,8-6-,13-11-,14-12-,19-17-,20-18-,25-23-,26-24-,30-28-,33-31-,36-34-,39-37-. The predicted molar refractivity (Wildman–Crippen MR) is 316 cm³/mol. The lowest BCUT2D eigenvalue weighted by atomic mass is 9.98. The van der Waals surface area contributed by atoms with Crippen molar-refractivity contribution in [1.82, 2.24) is 0 Å². The average Bonchev–Trinajstić information content (AvgIpc) is 3.46. The molecule has 79 heavy (non-hydrogen) atoms. The van der Waals surface area contributed by atoms with E-state index in [-0.39, 0.29) is 19.6 Å². The van der Waals surface area contributed by atoms with Crippen molar-refractivity contribution >= 4 is 5.97 Å². The number of hydrogen-bond acceptors (Lipinski definition) is 14. The Balaban J connectivity index is 1.76. The molecule has 0 aliphatic carbocycles. The van der Waals surface area contributed by atoms with Crippen molar-refractivity contribution in [2.45, 2.75) is 223 Å². The van der Waals surface area contributed by atoms with Crippen LogP contribution in [0.25, 0.3) is 0 Å². The number of carbonyl (C=O) groups excluding carboxylic acids is 1. The lowest BCUT2D eigenvalue weighted by Crippen LogP contribution is -2.61. The van der Waals surface area contributed by atoms with Crippen molar-refractivity contribution < 1.29 is 69.0 Å². The van der Waals surface area contributed by atoms with E-state index >= 15 is 0 Å². The summed E-state index contributed by atoms with van der Waals surface area (Å²) in [5.41, 5.74) is 0. The molecule has 0 aromatic heterocycles. The molecule has 11 unspecified atom stereocenters. The molecule has 0 amide bonds. The van der Waals surface area contributed by atoms with Crippen LogP contribution in [0.5, 0.6) is 0 Å². The molecule has 2 heterocycles. The molecule has 0 saturated carbocycles. The van der Waals surface area contributed by atoms with Gasteiger partial charge in [-0.25, -0.2) is 0 Å². The molecular formula is C65H102O14. The van der Waals surface area contributed by atoms with Crippen LogP contribution in [0.15, 0.2) is 146 Å². The van der Waals surface area contributed by atoms with E-state index in [2.05, 4.69) is 160 Å². The maximum absolute atomic E-state index is 13.1. The fourth-order valence-corrected chi connectivity index (χ4v) is 8.17. The third kappa shape index (κ3) is 36.1. The lowest BCUT2D eigenvalue weighted by Gasteiger charge is -2.42. The summed E-state index contributed by atoms with van der Waals surface area (Å²) < 4.78 is 34.3. The van der Waals surface area contributed by atoms with E-state index in [1.165, 1.54) is 0 Å². The monoisotopic (exact) mass is 1110 g/mol. The molecule has 2 fully saturated rings. The zero-order valence-corrected chi connectivity index (χ0v) is 47.8. The summed E-state index contributed by atoms with van der Waals surface area (Å²) in [5.74, 6) is -0.420. The largest absolute Gasteiger partial charge is 0.457 e. The van der Waals surface area contributed by atoms with Gasteiger partial charge in [-0.1, -0.05) is 179 Å². The number of aliphatic hydroxyl groups is 7. The van der Waals surface area contributed by atoms with Gasteiger partial charge in [-0.2, -0.15) is 0 Å². The highest BCUT2D eigenvalue weighted by Gasteiger charge is 2.47. The van der Waals surface area contributed by atoms with Crippen molar-refractivity contribution in [1.29, 1.82) is 0 Å². The molecule has 0 bridgehead atoms. The van der Waals surface area contributed by atoms with Crippen LogP contribution in [-0.2, 0) is 33.2 Å². The zero-order valence-electron chi connectivity index (χ0n) is 47.8. The topological polar surface area (TPSA) is 214 Å². The number of hydrogen-bond donors (Lipinski definition) is 7. The summed E-state index contributed by atoms with van der Waals surface area (Å²) in [6.07, 6.45) is 56.1. The fraction of sp³-hybridized carbons (Fsp3) is 0.615. The van der Waals surface area contributed by atoms with Gasteiger partial charge in [0.25, 0.3) is 0 Å². The predicted octanol–water partition coefficient (Wildman–Crippen LogP) is 10.9. The molecule has 0 aromatic rings. The number of carbonyl (C=O) groups is 1. The molecule has 2 saturated heterocycles. The Morgan fingerprint density at radius 1 is 0.418 bits per heavy atom. The van der Waals surface area contributed by atoms with E-state index in [0.29, 0.717) is 13.0 Å². The second-order valence-corrected chi connectivity index (χ2v) is 19.7. The minimum absolute atomic E-state index is 0.0164. The van der Waals surface area contributed by atoms with E-state index in [1.54, 1.807) is 0 Å². The van der Waals surface area contributed by atoms with E-state index in [1.807, 2.05) is 0 Å². The van der Waals surface area contributed by atoms with Gasteiger partial charge in [-0.3, -0.25) is 4.79 Å². The second kappa shape index (κ2) is 49.7. The molecule has 11 atom stereocenters. The van der Waals surface area contributed by atoms with Crippen molar-refractivity contribution in [2.24, 2.45) is 0 Å². The van der Waals surface area contributed by atoms with E-state index in [0.717, 1.165) is 128 Å². The molecule has 2 aliphatic heterocycles. The number of rotatable bonds is 45. The minimum Gasteiger partial charge on any atom is -0.457 e. The van der Waals surface area contributed by atoms with Crippen molar-refractivity contribution in [3.63, 3.8) is 0 Å². The Kier molecular flexibility index (Phi) is 44.6. The van der Waals surface area contributed by atoms with Crippen LogP contribution >= 0.6 is 0 Å². The number of unbranched alkanes of at least 4 members (excludes halogenated alkanes) is 7. The summed E-state index contributed by atoms with van der Waals surface area (Å²) in [5, 5.41) is 72.4. The molecule has 14 nitrogen and oxygen atoms in total. The van der Waals surface area contributed by atoms with Gasteiger partial charge in [0.1, 0.15) is 54.9 Å². The first-order valence-corrected chi connectivity index (χ1v) is 29.4. The summed E-state index contributed by atoms with van der Waals surface area (Å²) in [6, 6.07) is 0. The number of allylic oxidation sites excluding steroid dienone is 24. The van der Waals surface area contributed by atoms with Gasteiger partial charge in [-0.05, 0) is 116 Å². The van der Waals surface area contributed by atoms with Gasteiger partial charge in [0.15, 0.2) is 12.6 Å². The van der Waals surface area contributed by atoms with Crippen LogP contribution in [0.2, 0.25) is 0 Å². The molecule has 14 heteroatoms. The smallest absolute Gasteiger partial charge is 0.306 e. The first-order chi connectivity index (χ1) is 38.6. The normalized spacial score (nSPS) is 25.1. The third-order valence-corrected chi connectivity index (χ3v) is 12.8. The van der Waals surface area contributed by atoms with Crippen LogP contribution < -0.4 is 0 Å². The first kappa shape index (κ1) is 71.0. The molecule has 0 aromatic carbocycles. The van der Waals surface area contributed by atoms with Gasteiger partial charge in [0.2, 0.25) is 0 Å². The summed E-state index contributed by atoms with van der Waals surface area (Å²) >= 11 is 0. The minimum atomic E-state index is -1.73.